The first-order valence-corrected chi connectivity index (χ1v) is 10.9. The van der Waals surface area contributed by atoms with Crippen LogP contribution in [0.3, 0.4) is 0 Å². The largest absolute Gasteiger partial charge is 0.285 e. The molecule has 3 aromatic carbocycles. The average Bonchev–Trinajstić information content (AvgIpc) is 3.21. The summed E-state index contributed by atoms with van der Waals surface area (Å²) >= 11 is 6.32. The van der Waals surface area contributed by atoms with Gasteiger partial charge < -0.3 is 0 Å². The Morgan fingerprint density at radius 3 is 2.07 bits per heavy atom. The molecule has 0 fully saturated rings. The normalized spacial score (nSPS) is 17.3. The molecule has 0 radical (unpaired) electrons. The van der Waals surface area contributed by atoms with E-state index in [-0.39, 0.29) is 16.1 Å². The first kappa shape index (κ1) is 19.4. The summed E-state index contributed by atoms with van der Waals surface area (Å²) in [5.41, 5.74) is 2.86. The number of hydrogen-bond donors (Lipinski definition) is 0. The summed E-state index contributed by atoms with van der Waals surface area (Å²) in [5.74, 6) is -0.0537. The number of rotatable bonds is 4. The molecule has 4 rings (SSSR count). The molecular formula is C22H18ClN3O2S. The number of halogens is 1. The smallest absolute Gasteiger partial charge is 0.236 e. The molecule has 0 amide bonds. The topological polar surface area (TPSA) is 62.1 Å². The maximum absolute atomic E-state index is 12.6. The van der Waals surface area contributed by atoms with Crippen molar-refractivity contribution >= 4 is 32.6 Å². The van der Waals surface area contributed by atoms with E-state index in [1.165, 1.54) is 17.1 Å². The Kier molecular flexibility index (Phi) is 5.47. The first-order valence-electron chi connectivity index (χ1n) is 9.06. The van der Waals surface area contributed by atoms with Crippen LogP contribution in [0.4, 0.5) is 0 Å². The highest BCUT2D eigenvalue weighted by molar-refractivity contribution is 7.90. The van der Waals surface area contributed by atoms with Gasteiger partial charge in [-0.1, -0.05) is 78.9 Å². The zero-order chi connectivity index (χ0) is 20.3. The van der Waals surface area contributed by atoms with E-state index in [1.807, 2.05) is 60.7 Å². The molecule has 0 spiro atoms. The van der Waals surface area contributed by atoms with Crippen molar-refractivity contribution in [2.24, 2.45) is 9.50 Å². The van der Waals surface area contributed by atoms with Crippen LogP contribution in [-0.4, -0.2) is 31.0 Å². The first-order chi connectivity index (χ1) is 14.0. The molecule has 5 nitrogen and oxygen atoms in total. The fourth-order valence-corrected chi connectivity index (χ4v) is 4.50. The van der Waals surface area contributed by atoms with Crippen molar-refractivity contribution < 1.29 is 8.42 Å². The van der Waals surface area contributed by atoms with Gasteiger partial charge >= 0.3 is 0 Å². The molecule has 1 atom stereocenters. The highest BCUT2D eigenvalue weighted by atomic mass is 35.5. The fourth-order valence-electron chi connectivity index (χ4n) is 3.22. The molecule has 0 aliphatic carbocycles. The van der Waals surface area contributed by atoms with Crippen LogP contribution in [0.15, 0.2) is 105 Å². The van der Waals surface area contributed by atoms with E-state index in [2.05, 4.69) is 9.50 Å². The summed E-state index contributed by atoms with van der Waals surface area (Å²) in [4.78, 5) is 0.0872. The number of nitrogens with zero attached hydrogens (tertiary/aromatic N) is 3. The third-order valence-corrected chi connectivity index (χ3v) is 6.30. The van der Waals surface area contributed by atoms with Crippen LogP contribution in [0.5, 0.6) is 0 Å². The summed E-state index contributed by atoms with van der Waals surface area (Å²) in [6.07, 6.45) is 0. The molecule has 1 unspecified atom stereocenters. The van der Waals surface area contributed by atoms with Gasteiger partial charge in [-0.05, 0) is 34.9 Å². The quantitative estimate of drug-likeness (QED) is 0.353. The van der Waals surface area contributed by atoms with E-state index < -0.39 is 10.0 Å². The molecule has 0 saturated heterocycles. The van der Waals surface area contributed by atoms with Crippen LogP contribution < -0.4 is 0 Å². The van der Waals surface area contributed by atoms with Crippen LogP contribution in [0.2, 0.25) is 0 Å². The second-order valence-electron chi connectivity index (χ2n) is 6.55. The lowest BCUT2D eigenvalue weighted by molar-refractivity contribution is 0.483. The highest BCUT2D eigenvalue weighted by Gasteiger charge is 2.31. The Balaban J connectivity index is 1.70. The summed E-state index contributed by atoms with van der Waals surface area (Å²) in [7, 11) is -3.92. The number of amidine groups is 1. The van der Waals surface area contributed by atoms with Gasteiger partial charge in [-0.15, -0.1) is 4.40 Å². The third-order valence-electron chi connectivity index (χ3n) is 4.64. The molecule has 0 N–H and O–H groups in total. The summed E-state index contributed by atoms with van der Waals surface area (Å²) in [6, 6.07) is 27.7. The predicted molar refractivity (Wildman–Crippen MR) is 116 cm³/mol. The molecule has 0 saturated carbocycles. The van der Waals surface area contributed by atoms with Crippen molar-refractivity contribution in [1.82, 2.24) is 5.01 Å². The SMILES string of the molecule is O=S(=O)(/N=C(/Cl)N1CC(c2ccccc2)C(c2ccccc2)=N1)c1ccccc1. The van der Waals surface area contributed by atoms with Gasteiger partial charge in [-0.2, -0.15) is 13.5 Å². The predicted octanol–water partition coefficient (Wildman–Crippen LogP) is 4.47. The molecule has 146 valence electrons. The minimum atomic E-state index is -3.92. The lowest BCUT2D eigenvalue weighted by Gasteiger charge is -2.15. The molecule has 0 bridgehead atoms. The van der Waals surface area contributed by atoms with Crippen molar-refractivity contribution in [2.45, 2.75) is 10.8 Å². The minimum Gasteiger partial charge on any atom is -0.236 e. The Morgan fingerprint density at radius 1 is 0.897 bits per heavy atom. The summed E-state index contributed by atoms with van der Waals surface area (Å²) < 4.78 is 28.9. The van der Waals surface area contributed by atoms with E-state index in [0.29, 0.717) is 6.54 Å². The van der Waals surface area contributed by atoms with Crippen LogP contribution in [-0.2, 0) is 10.0 Å². The van der Waals surface area contributed by atoms with Crippen LogP contribution >= 0.6 is 11.6 Å². The van der Waals surface area contributed by atoms with E-state index in [0.717, 1.165) is 16.8 Å². The Bertz CT molecular complexity index is 1150. The molecule has 1 aliphatic heterocycles. The maximum Gasteiger partial charge on any atom is 0.285 e. The molecule has 0 aromatic heterocycles. The molecule has 1 aliphatic rings. The zero-order valence-corrected chi connectivity index (χ0v) is 17.0. The number of sulfonamides is 1. The van der Waals surface area contributed by atoms with Crippen molar-refractivity contribution in [3.8, 4) is 0 Å². The Labute approximate surface area is 175 Å². The van der Waals surface area contributed by atoms with Crippen molar-refractivity contribution in [1.29, 1.82) is 0 Å². The van der Waals surface area contributed by atoms with Crippen LogP contribution in [0, 0.1) is 0 Å². The van der Waals surface area contributed by atoms with E-state index in [9.17, 15) is 8.42 Å². The fraction of sp³-hybridized carbons (Fsp3) is 0.0909. The van der Waals surface area contributed by atoms with Gasteiger partial charge in [0.2, 0.25) is 5.29 Å². The minimum absolute atomic E-state index is 0.0537. The standard InChI is InChI=1S/C22H18ClN3O2S/c23-22(25-29(27,28)19-14-8-3-9-15-19)26-16-20(17-10-4-1-5-11-17)21(24-26)18-12-6-2-7-13-18/h1-15,20H,16H2/b25-22-. The Morgan fingerprint density at radius 2 is 1.45 bits per heavy atom. The van der Waals surface area contributed by atoms with Gasteiger partial charge in [0, 0.05) is 5.92 Å². The average molecular weight is 424 g/mol. The van der Waals surface area contributed by atoms with E-state index in [1.54, 1.807) is 18.2 Å². The van der Waals surface area contributed by atoms with Gasteiger partial charge in [0.25, 0.3) is 10.0 Å². The van der Waals surface area contributed by atoms with Crippen LogP contribution in [0.25, 0.3) is 0 Å². The van der Waals surface area contributed by atoms with Crippen molar-refractivity contribution in [3.05, 3.63) is 102 Å². The lowest BCUT2D eigenvalue weighted by atomic mass is 9.91. The molecule has 29 heavy (non-hydrogen) atoms. The van der Waals surface area contributed by atoms with Gasteiger partial charge in [0.1, 0.15) is 0 Å². The van der Waals surface area contributed by atoms with Crippen LogP contribution in [0.1, 0.15) is 17.0 Å². The van der Waals surface area contributed by atoms with Crippen molar-refractivity contribution in [2.75, 3.05) is 6.54 Å². The monoisotopic (exact) mass is 423 g/mol. The van der Waals surface area contributed by atoms with E-state index in [4.69, 9.17) is 11.6 Å². The van der Waals surface area contributed by atoms with Gasteiger partial charge in [-0.3, -0.25) is 0 Å². The molecule has 3 aromatic rings. The molecular weight excluding hydrogens is 406 g/mol. The summed E-state index contributed by atoms with van der Waals surface area (Å²) in [6.45, 7) is 0.404. The second kappa shape index (κ2) is 8.19. The van der Waals surface area contributed by atoms with Gasteiger partial charge in [-0.25, -0.2) is 5.01 Å². The molecule has 7 heteroatoms. The lowest BCUT2D eigenvalue weighted by Crippen LogP contribution is -2.23. The maximum atomic E-state index is 12.6. The highest BCUT2D eigenvalue weighted by Crippen LogP contribution is 2.29. The van der Waals surface area contributed by atoms with E-state index >= 15 is 0 Å². The Hall–Kier alpha value is -2.96. The summed E-state index contributed by atoms with van der Waals surface area (Å²) in [5, 5.41) is 5.88. The second-order valence-corrected chi connectivity index (χ2v) is 8.49. The number of hydrazone groups is 1. The van der Waals surface area contributed by atoms with Gasteiger partial charge in [0.15, 0.2) is 0 Å². The van der Waals surface area contributed by atoms with Crippen molar-refractivity contribution in [3.63, 3.8) is 0 Å². The zero-order valence-electron chi connectivity index (χ0n) is 15.4. The van der Waals surface area contributed by atoms with Gasteiger partial charge in [0.05, 0.1) is 17.2 Å². The number of benzene rings is 3. The number of hydrogen-bond acceptors (Lipinski definition) is 3. The molecule has 1 heterocycles. The third kappa shape index (κ3) is 4.23.